The van der Waals surface area contributed by atoms with Gasteiger partial charge in [0.1, 0.15) is 0 Å². The predicted molar refractivity (Wildman–Crippen MR) is 93.6 cm³/mol. The minimum Gasteiger partial charge on any atom is -0.381 e. The largest absolute Gasteiger partial charge is 0.381 e. The summed E-state index contributed by atoms with van der Waals surface area (Å²) < 4.78 is 11.0. The highest BCUT2D eigenvalue weighted by Crippen LogP contribution is 2.12. The molecule has 0 saturated carbocycles. The van der Waals surface area contributed by atoms with E-state index in [0.29, 0.717) is 12.5 Å². The van der Waals surface area contributed by atoms with Crippen molar-refractivity contribution in [3.05, 3.63) is 35.9 Å². The van der Waals surface area contributed by atoms with Crippen LogP contribution in [0.2, 0.25) is 0 Å². The second kappa shape index (κ2) is 11.0. The molecule has 1 aromatic carbocycles. The molecule has 5 nitrogen and oxygen atoms in total. The first kappa shape index (κ1) is 17.8. The Labute approximate surface area is 139 Å². The lowest BCUT2D eigenvalue weighted by Crippen LogP contribution is -2.38. The number of hydrogen-bond acceptors (Lipinski definition) is 3. The van der Waals surface area contributed by atoms with Gasteiger partial charge in [0.25, 0.3) is 0 Å². The standard InChI is InChI=1S/C18H29N3O2/c1-2-19-18(21-13-16-7-4-3-5-8-16)20-10-6-11-22-14-17-9-12-23-15-17/h3-5,7-8,17H,2,6,9-15H2,1H3,(H2,19,20,21). The summed E-state index contributed by atoms with van der Waals surface area (Å²) in [6, 6.07) is 10.3. The second-order valence-electron chi connectivity index (χ2n) is 5.77. The predicted octanol–water partition coefficient (Wildman–Crippen LogP) is 2.18. The van der Waals surface area contributed by atoms with Crippen molar-refractivity contribution in [2.45, 2.75) is 26.3 Å². The summed E-state index contributed by atoms with van der Waals surface area (Å²) >= 11 is 0. The first-order valence-corrected chi connectivity index (χ1v) is 8.60. The molecule has 0 aliphatic carbocycles. The Morgan fingerprint density at radius 3 is 2.91 bits per heavy atom. The number of nitrogens with one attached hydrogen (secondary N) is 2. The Balaban J connectivity index is 1.59. The monoisotopic (exact) mass is 319 g/mol. The molecule has 1 fully saturated rings. The number of rotatable bonds is 9. The number of guanidine groups is 1. The second-order valence-corrected chi connectivity index (χ2v) is 5.77. The molecule has 0 radical (unpaired) electrons. The Morgan fingerprint density at radius 2 is 2.17 bits per heavy atom. The fourth-order valence-corrected chi connectivity index (χ4v) is 2.44. The van der Waals surface area contributed by atoms with Gasteiger partial charge in [-0.1, -0.05) is 30.3 Å². The van der Waals surface area contributed by atoms with Gasteiger partial charge in [0, 0.05) is 32.2 Å². The van der Waals surface area contributed by atoms with Gasteiger partial charge in [0.15, 0.2) is 5.96 Å². The van der Waals surface area contributed by atoms with E-state index in [-0.39, 0.29) is 0 Å². The minimum absolute atomic E-state index is 0.590. The van der Waals surface area contributed by atoms with E-state index in [0.717, 1.165) is 58.3 Å². The molecule has 5 heteroatoms. The summed E-state index contributed by atoms with van der Waals surface area (Å²) in [4.78, 5) is 4.60. The highest BCUT2D eigenvalue weighted by atomic mass is 16.5. The molecule has 128 valence electrons. The highest BCUT2D eigenvalue weighted by molar-refractivity contribution is 5.79. The lowest BCUT2D eigenvalue weighted by atomic mass is 10.1. The van der Waals surface area contributed by atoms with Crippen molar-refractivity contribution in [2.24, 2.45) is 10.9 Å². The summed E-state index contributed by atoms with van der Waals surface area (Å²) in [5.41, 5.74) is 1.21. The lowest BCUT2D eigenvalue weighted by Gasteiger charge is -2.12. The number of benzene rings is 1. The molecule has 2 rings (SSSR count). The summed E-state index contributed by atoms with van der Waals surface area (Å²) in [6.45, 7) is 7.83. The van der Waals surface area contributed by atoms with Gasteiger partial charge in [-0.05, 0) is 25.3 Å². The maximum absolute atomic E-state index is 5.71. The molecule has 0 aromatic heterocycles. The van der Waals surface area contributed by atoms with E-state index >= 15 is 0 Å². The van der Waals surface area contributed by atoms with Crippen LogP contribution in [0.25, 0.3) is 0 Å². The number of hydrogen-bond donors (Lipinski definition) is 2. The van der Waals surface area contributed by atoms with Crippen molar-refractivity contribution in [1.29, 1.82) is 0 Å². The van der Waals surface area contributed by atoms with Crippen molar-refractivity contribution in [3.8, 4) is 0 Å². The van der Waals surface area contributed by atoms with Crippen molar-refractivity contribution >= 4 is 5.96 Å². The Hall–Kier alpha value is -1.59. The van der Waals surface area contributed by atoms with Gasteiger partial charge in [0.2, 0.25) is 0 Å². The van der Waals surface area contributed by atoms with Gasteiger partial charge in [-0.25, -0.2) is 4.99 Å². The molecule has 0 bridgehead atoms. The zero-order chi connectivity index (χ0) is 16.2. The summed E-state index contributed by atoms with van der Waals surface area (Å²) in [6.07, 6.45) is 2.11. The van der Waals surface area contributed by atoms with Crippen LogP contribution in [-0.2, 0) is 16.0 Å². The first-order chi connectivity index (χ1) is 11.4. The third kappa shape index (κ3) is 7.48. The lowest BCUT2D eigenvalue weighted by molar-refractivity contribution is 0.0888. The van der Waals surface area contributed by atoms with E-state index < -0.39 is 0 Å². The molecule has 1 saturated heterocycles. The van der Waals surface area contributed by atoms with Gasteiger partial charge in [-0.15, -0.1) is 0 Å². The van der Waals surface area contributed by atoms with Crippen LogP contribution in [0, 0.1) is 5.92 Å². The smallest absolute Gasteiger partial charge is 0.191 e. The van der Waals surface area contributed by atoms with Gasteiger partial charge in [0.05, 0.1) is 19.8 Å². The molecular formula is C18H29N3O2. The van der Waals surface area contributed by atoms with E-state index in [4.69, 9.17) is 9.47 Å². The van der Waals surface area contributed by atoms with Crippen LogP contribution >= 0.6 is 0 Å². The molecule has 0 spiro atoms. The number of aliphatic imine (C=N–C) groups is 1. The van der Waals surface area contributed by atoms with E-state index in [1.54, 1.807) is 0 Å². The topological polar surface area (TPSA) is 54.9 Å². The number of nitrogens with zero attached hydrogens (tertiary/aromatic N) is 1. The van der Waals surface area contributed by atoms with Crippen molar-refractivity contribution in [3.63, 3.8) is 0 Å². The summed E-state index contributed by atoms with van der Waals surface area (Å²) in [7, 11) is 0. The average molecular weight is 319 g/mol. The third-order valence-corrected chi connectivity index (χ3v) is 3.74. The maximum Gasteiger partial charge on any atom is 0.191 e. The molecular weight excluding hydrogens is 290 g/mol. The molecule has 23 heavy (non-hydrogen) atoms. The van der Waals surface area contributed by atoms with Crippen molar-refractivity contribution in [1.82, 2.24) is 10.6 Å². The van der Waals surface area contributed by atoms with Gasteiger partial charge < -0.3 is 20.1 Å². The summed E-state index contributed by atoms with van der Waals surface area (Å²) in [5, 5.41) is 6.62. The maximum atomic E-state index is 5.71. The number of ether oxygens (including phenoxy) is 2. The van der Waals surface area contributed by atoms with Crippen molar-refractivity contribution < 1.29 is 9.47 Å². The van der Waals surface area contributed by atoms with E-state index in [2.05, 4.69) is 34.7 Å². The van der Waals surface area contributed by atoms with Crippen molar-refractivity contribution in [2.75, 3.05) is 39.5 Å². The van der Waals surface area contributed by atoms with Gasteiger partial charge >= 0.3 is 0 Å². The third-order valence-electron chi connectivity index (χ3n) is 3.74. The zero-order valence-corrected chi connectivity index (χ0v) is 14.1. The van der Waals surface area contributed by atoms with Crippen LogP contribution in [0.15, 0.2) is 35.3 Å². The first-order valence-electron chi connectivity index (χ1n) is 8.60. The normalized spacial score (nSPS) is 18.1. The molecule has 1 heterocycles. The molecule has 2 N–H and O–H groups in total. The minimum atomic E-state index is 0.590. The van der Waals surface area contributed by atoms with E-state index in [9.17, 15) is 0 Å². The molecule has 1 aromatic rings. The van der Waals surface area contributed by atoms with Crippen LogP contribution in [0.3, 0.4) is 0 Å². The molecule has 1 atom stereocenters. The van der Waals surface area contributed by atoms with Gasteiger partial charge in [-0.3, -0.25) is 0 Å². The molecule has 1 aliphatic heterocycles. The fourth-order valence-electron chi connectivity index (χ4n) is 2.44. The Bertz CT molecular complexity index is 445. The summed E-state index contributed by atoms with van der Waals surface area (Å²) in [5.74, 6) is 1.45. The average Bonchev–Trinajstić information content (AvgIpc) is 3.10. The zero-order valence-electron chi connectivity index (χ0n) is 14.1. The van der Waals surface area contributed by atoms with E-state index in [1.165, 1.54) is 5.56 Å². The Kier molecular flexibility index (Phi) is 8.51. The van der Waals surface area contributed by atoms with Crippen LogP contribution in [0.4, 0.5) is 0 Å². The molecule has 1 aliphatic rings. The van der Waals surface area contributed by atoms with Crippen LogP contribution in [-0.4, -0.2) is 45.5 Å². The van der Waals surface area contributed by atoms with Gasteiger partial charge in [-0.2, -0.15) is 0 Å². The SMILES string of the molecule is CCNC(=NCc1ccccc1)NCCCOCC1CCOC1. The van der Waals surface area contributed by atoms with Crippen LogP contribution < -0.4 is 10.6 Å². The fraction of sp³-hybridized carbons (Fsp3) is 0.611. The molecule has 1 unspecified atom stereocenters. The molecule has 0 amide bonds. The van der Waals surface area contributed by atoms with Crippen LogP contribution in [0.1, 0.15) is 25.3 Å². The quantitative estimate of drug-likeness (QED) is 0.416. The van der Waals surface area contributed by atoms with Crippen LogP contribution in [0.5, 0.6) is 0 Å². The Morgan fingerprint density at radius 1 is 1.30 bits per heavy atom. The van der Waals surface area contributed by atoms with E-state index in [1.807, 2.05) is 18.2 Å². The highest BCUT2D eigenvalue weighted by Gasteiger charge is 2.15.